The number of fused-ring (bicyclic) bond motifs is 3. The van der Waals surface area contributed by atoms with Gasteiger partial charge in [-0.05, 0) is 54.2 Å². The number of rotatable bonds is 2. The summed E-state index contributed by atoms with van der Waals surface area (Å²) in [7, 11) is 0. The van der Waals surface area contributed by atoms with Crippen LogP contribution in [0.15, 0.2) is 36.2 Å². The topological polar surface area (TPSA) is 46.1 Å². The maximum Gasteiger partial charge on any atom is 0.238 e. The Balaban J connectivity index is 1.48. The molecule has 5 heteroatoms. The zero-order valence-electron chi connectivity index (χ0n) is 12.4. The standard InChI is InChI=1S/C18H14ClN3O/c19-16-2-1-12-7-11(8-14(12)21-16)10-22-15-9-20-6-3-13(15)18(4-5-18)17(22)23/h1-3,6,8-9H,4-5,7,10H2. The van der Waals surface area contributed by atoms with E-state index in [9.17, 15) is 4.79 Å². The number of carbonyl (C=O) groups excluding carboxylic acids is 1. The Morgan fingerprint density at radius 2 is 2.13 bits per heavy atom. The lowest BCUT2D eigenvalue weighted by molar-refractivity contribution is -0.120. The molecule has 0 aromatic carbocycles. The van der Waals surface area contributed by atoms with Crippen molar-refractivity contribution in [3.8, 4) is 0 Å². The molecule has 0 atom stereocenters. The summed E-state index contributed by atoms with van der Waals surface area (Å²) in [5.74, 6) is 0.225. The van der Waals surface area contributed by atoms with Gasteiger partial charge in [0.05, 0.1) is 23.0 Å². The molecule has 0 N–H and O–H groups in total. The van der Waals surface area contributed by atoms with E-state index < -0.39 is 0 Å². The summed E-state index contributed by atoms with van der Waals surface area (Å²) in [5, 5.41) is 0.505. The second-order valence-electron chi connectivity index (χ2n) is 6.52. The molecule has 1 amide bonds. The van der Waals surface area contributed by atoms with Gasteiger partial charge in [-0.15, -0.1) is 0 Å². The van der Waals surface area contributed by atoms with Gasteiger partial charge in [-0.2, -0.15) is 0 Å². The quantitative estimate of drug-likeness (QED) is 0.798. The van der Waals surface area contributed by atoms with E-state index in [0.717, 1.165) is 36.2 Å². The van der Waals surface area contributed by atoms with Gasteiger partial charge in [-0.25, -0.2) is 4.98 Å². The van der Waals surface area contributed by atoms with Gasteiger partial charge in [-0.3, -0.25) is 9.78 Å². The molecular formula is C18H14ClN3O. The zero-order valence-corrected chi connectivity index (χ0v) is 13.2. The molecule has 1 saturated carbocycles. The molecule has 4 nitrogen and oxygen atoms in total. The fourth-order valence-corrected chi connectivity index (χ4v) is 3.96. The summed E-state index contributed by atoms with van der Waals surface area (Å²) in [5.41, 5.74) is 5.14. The normalized spacial score (nSPS) is 19.8. The summed E-state index contributed by atoms with van der Waals surface area (Å²) in [6.07, 6.45) is 8.39. The van der Waals surface area contributed by atoms with Crippen LogP contribution in [0.5, 0.6) is 0 Å². The molecule has 1 fully saturated rings. The predicted molar refractivity (Wildman–Crippen MR) is 88.4 cm³/mol. The molecule has 23 heavy (non-hydrogen) atoms. The van der Waals surface area contributed by atoms with E-state index in [4.69, 9.17) is 11.6 Å². The van der Waals surface area contributed by atoms with Gasteiger partial charge in [-0.1, -0.05) is 17.7 Å². The van der Waals surface area contributed by atoms with Crippen LogP contribution >= 0.6 is 11.6 Å². The third-order valence-electron chi connectivity index (χ3n) is 5.11. The molecule has 2 aromatic rings. The maximum atomic E-state index is 12.9. The van der Waals surface area contributed by atoms with Gasteiger partial charge in [0.2, 0.25) is 5.91 Å². The second-order valence-corrected chi connectivity index (χ2v) is 6.91. The van der Waals surface area contributed by atoms with Gasteiger partial charge < -0.3 is 4.90 Å². The van der Waals surface area contributed by atoms with Crippen LogP contribution in [-0.4, -0.2) is 22.4 Å². The van der Waals surface area contributed by atoms with Crippen LogP contribution in [-0.2, 0) is 16.6 Å². The minimum atomic E-state index is -0.258. The van der Waals surface area contributed by atoms with Crippen LogP contribution in [0.4, 0.5) is 5.69 Å². The number of amides is 1. The summed E-state index contributed by atoms with van der Waals surface area (Å²) in [6, 6.07) is 5.83. The molecule has 114 valence electrons. The van der Waals surface area contributed by atoms with Crippen molar-refractivity contribution in [2.75, 3.05) is 11.4 Å². The fourth-order valence-electron chi connectivity index (χ4n) is 3.80. The third kappa shape index (κ3) is 1.81. The van der Waals surface area contributed by atoms with E-state index in [1.165, 1.54) is 11.1 Å². The monoisotopic (exact) mass is 323 g/mol. The van der Waals surface area contributed by atoms with E-state index >= 15 is 0 Å². The van der Waals surface area contributed by atoms with Crippen LogP contribution < -0.4 is 4.90 Å². The number of carbonyl (C=O) groups is 1. The number of nitrogens with zero attached hydrogens (tertiary/aromatic N) is 3. The predicted octanol–water partition coefficient (Wildman–Crippen LogP) is 3.15. The maximum absolute atomic E-state index is 12.9. The molecule has 3 heterocycles. The van der Waals surface area contributed by atoms with Crippen molar-refractivity contribution in [3.05, 3.63) is 58.1 Å². The first-order valence-electron chi connectivity index (χ1n) is 7.79. The van der Waals surface area contributed by atoms with Crippen LogP contribution in [0.1, 0.15) is 29.7 Å². The summed E-state index contributed by atoms with van der Waals surface area (Å²) in [4.78, 5) is 23.4. The first kappa shape index (κ1) is 13.3. The zero-order chi connectivity index (χ0) is 15.6. The molecule has 5 rings (SSSR count). The van der Waals surface area contributed by atoms with Crippen molar-refractivity contribution in [1.29, 1.82) is 0 Å². The number of hydrogen-bond donors (Lipinski definition) is 0. The molecule has 0 bridgehead atoms. The molecule has 1 aliphatic heterocycles. The van der Waals surface area contributed by atoms with Crippen molar-refractivity contribution in [1.82, 2.24) is 9.97 Å². The Hall–Kier alpha value is -2.20. The Kier molecular flexibility index (Phi) is 2.55. The number of aromatic nitrogens is 2. The molecule has 3 aliphatic rings. The van der Waals surface area contributed by atoms with E-state index in [2.05, 4.69) is 16.0 Å². The van der Waals surface area contributed by atoms with Crippen molar-refractivity contribution in [2.45, 2.75) is 24.7 Å². The van der Waals surface area contributed by atoms with E-state index in [-0.39, 0.29) is 11.3 Å². The van der Waals surface area contributed by atoms with Crippen molar-refractivity contribution >= 4 is 29.3 Å². The van der Waals surface area contributed by atoms with Crippen LogP contribution in [0.25, 0.3) is 6.08 Å². The Morgan fingerprint density at radius 3 is 2.96 bits per heavy atom. The average molecular weight is 324 g/mol. The average Bonchev–Trinajstić information content (AvgIpc) is 3.21. The van der Waals surface area contributed by atoms with Gasteiger partial charge in [0.1, 0.15) is 5.15 Å². The summed E-state index contributed by atoms with van der Waals surface area (Å²) < 4.78 is 0. The van der Waals surface area contributed by atoms with E-state index in [1.54, 1.807) is 6.20 Å². The largest absolute Gasteiger partial charge is 0.306 e. The fraction of sp³-hybridized carbons (Fsp3) is 0.278. The minimum absolute atomic E-state index is 0.225. The lowest BCUT2D eigenvalue weighted by Crippen LogP contribution is -2.33. The highest BCUT2D eigenvalue weighted by Crippen LogP contribution is 2.57. The van der Waals surface area contributed by atoms with Crippen LogP contribution in [0.2, 0.25) is 5.15 Å². The molecule has 0 unspecified atom stereocenters. The highest BCUT2D eigenvalue weighted by molar-refractivity contribution is 6.29. The van der Waals surface area contributed by atoms with Crippen LogP contribution in [0.3, 0.4) is 0 Å². The highest BCUT2D eigenvalue weighted by atomic mass is 35.5. The number of hydrogen-bond acceptors (Lipinski definition) is 3. The number of pyridine rings is 2. The van der Waals surface area contributed by atoms with Gasteiger partial charge in [0, 0.05) is 12.7 Å². The SMILES string of the molecule is O=C1N(CC2=Cc3nc(Cl)ccc3C2)c2cnccc2C12CC2. The lowest BCUT2D eigenvalue weighted by Gasteiger charge is -2.18. The summed E-state index contributed by atoms with van der Waals surface area (Å²) >= 11 is 5.96. The Morgan fingerprint density at radius 1 is 1.26 bits per heavy atom. The van der Waals surface area contributed by atoms with E-state index in [0.29, 0.717) is 11.7 Å². The third-order valence-corrected chi connectivity index (χ3v) is 5.32. The second kappa shape index (κ2) is 4.42. The molecule has 1 spiro atoms. The first-order valence-corrected chi connectivity index (χ1v) is 8.16. The smallest absolute Gasteiger partial charge is 0.238 e. The van der Waals surface area contributed by atoms with Crippen molar-refractivity contribution in [3.63, 3.8) is 0 Å². The Bertz CT molecular complexity index is 886. The van der Waals surface area contributed by atoms with Crippen LogP contribution in [0, 0.1) is 0 Å². The summed E-state index contributed by atoms with van der Waals surface area (Å²) in [6.45, 7) is 0.604. The molecule has 2 aromatic heterocycles. The molecule has 2 aliphatic carbocycles. The van der Waals surface area contributed by atoms with Gasteiger partial charge in [0.15, 0.2) is 0 Å². The molecule has 0 radical (unpaired) electrons. The lowest BCUT2D eigenvalue weighted by atomic mass is 9.99. The Labute approximate surface area is 138 Å². The van der Waals surface area contributed by atoms with Gasteiger partial charge >= 0.3 is 0 Å². The van der Waals surface area contributed by atoms with E-state index in [1.807, 2.05) is 29.3 Å². The molecular weight excluding hydrogens is 310 g/mol. The first-order chi connectivity index (χ1) is 11.2. The molecule has 0 saturated heterocycles. The van der Waals surface area contributed by atoms with Gasteiger partial charge in [0.25, 0.3) is 0 Å². The van der Waals surface area contributed by atoms with Crippen molar-refractivity contribution in [2.24, 2.45) is 0 Å². The van der Waals surface area contributed by atoms with Crippen molar-refractivity contribution < 1.29 is 4.79 Å². The minimum Gasteiger partial charge on any atom is -0.306 e. The number of anilines is 1. The number of halogens is 1. The highest BCUT2D eigenvalue weighted by Gasteiger charge is 2.59.